The highest BCUT2D eigenvalue weighted by Crippen LogP contribution is 2.21. The summed E-state index contributed by atoms with van der Waals surface area (Å²) in [5.41, 5.74) is 15.2. The predicted octanol–water partition coefficient (Wildman–Crippen LogP) is 4.17. The second-order valence-corrected chi connectivity index (χ2v) is 6.74. The van der Waals surface area contributed by atoms with Gasteiger partial charge in [0.1, 0.15) is 5.82 Å². The number of nitrogens with zero attached hydrogens (tertiary/aromatic N) is 2. The van der Waals surface area contributed by atoms with Crippen molar-refractivity contribution in [1.82, 2.24) is 15.3 Å². The molecule has 7 nitrogen and oxygen atoms in total. The number of fused-ring (bicyclic) bond motifs is 1. The van der Waals surface area contributed by atoms with Crippen LogP contribution < -0.4 is 22.1 Å². The van der Waals surface area contributed by atoms with Crippen molar-refractivity contribution in [3.8, 4) is 0 Å². The van der Waals surface area contributed by atoms with E-state index >= 15 is 0 Å². The van der Waals surface area contributed by atoms with Crippen molar-refractivity contribution >= 4 is 34.2 Å². The fourth-order valence-corrected chi connectivity index (χ4v) is 3.03. The first kappa shape index (κ1) is 23.8. The van der Waals surface area contributed by atoms with Crippen LogP contribution in [0, 0.1) is 5.41 Å². The van der Waals surface area contributed by atoms with Gasteiger partial charge in [0.05, 0.1) is 16.9 Å². The maximum Gasteiger partial charge on any atom is 0.150 e. The summed E-state index contributed by atoms with van der Waals surface area (Å²) in [6, 6.07) is 13.5. The molecule has 4 rings (SSSR count). The van der Waals surface area contributed by atoms with Crippen LogP contribution in [-0.2, 0) is 6.54 Å². The van der Waals surface area contributed by atoms with Gasteiger partial charge in [-0.1, -0.05) is 26.0 Å². The van der Waals surface area contributed by atoms with Crippen molar-refractivity contribution in [2.24, 2.45) is 5.73 Å². The van der Waals surface area contributed by atoms with E-state index in [-0.39, 0.29) is 0 Å². The first-order chi connectivity index (χ1) is 15.2. The molecule has 0 amide bonds. The lowest BCUT2D eigenvalue weighted by atomic mass is 10.1. The van der Waals surface area contributed by atoms with Crippen LogP contribution in [0.3, 0.4) is 0 Å². The zero-order valence-corrected chi connectivity index (χ0v) is 18.4. The van der Waals surface area contributed by atoms with Gasteiger partial charge in [-0.25, -0.2) is 4.98 Å². The third-order valence-corrected chi connectivity index (χ3v) is 4.64. The van der Waals surface area contributed by atoms with E-state index < -0.39 is 0 Å². The van der Waals surface area contributed by atoms with Gasteiger partial charge in [0.25, 0.3) is 0 Å². The first-order valence-corrected chi connectivity index (χ1v) is 10.7. The number of hydrogen-bond acceptors (Lipinski definition) is 7. The number of nitrogen functional groups attached to an aromatic ring is 1. The largest absolute Gasteiger partial charge is 0.404 e. The Morgan fingerprint density at radius 3 is 2.58 bits per heavy atom. The minimum absolute atomic E-state index is 0.537. The van der Waals surface area contributed by atoms with E-state index in [0.29, 0.717) is 29.3 Å². The normalized spacial score (nSPS) is 12.9. The number of nitrogens with two attached hydrogens (primary N) is 2. The van der Waals surface area contributed by atoms with Gasteiger partial charge in [-0.2, -0.15) is 0 Å². The maximum atomic E-state index is 7.36. The van der Waals surface area contributed by atoms with Crippen molar-refractivity contribution in [2.75, 3.05) is 24.1 Å². The molecule has 7 heteroatoms. The van der Waals surface area contributed by atoms with E-state index in [1.807, 2.05) is 38.1 Å². The van der Waals surface area contributed by atoms with Gasteiger partial charge in [-0.15, -0.1) is 0 Å². The minimum Gasteiger partial charge on any atom is -0.404 e. The van der Waals surface area contributed by atoms with Crippen LogP contribution in [-0.4, -0.2) is 29.3 Å². The fraction of sp³-hybridized carbons (Fsp3) is 0.292. The number of pyridine rings is 2. The van der Waals surface area contributed by atoms with Gasteiger partial charge in [0, 0.05) is 36.1 Å². The van der Waals surface area contributed by atoms with Crippen LogP contribution in [0.1, 0.15) is 37.9 Å². The van der Waals surface area contributed by atoms with Crippen LogP contribution in [0.15, 0.2) is 54.9 Å². The van der Waals surface area contributed by atoms with E-state index in [2.05, 4.69) is 26.7 Å². The smallest absolute Gasteiger partial charge is 0.150 e. The predicted molar refractivity (Wildman–Crippen MR) is 132 cm³/mol. The van der Waals surface area contributed by atoms with Gasteiger partial charge in [-0.3, -0.25) is 4.98 Å². The minimum atomic E-state index is 0.537. The second-order valence-electron chi connectivity index (χ2n) is 6.74. The average molecular weight is 420 g/mol. The molecule has 0 unspecified atom stereocenters. The first-order valence-electron chi connectivity index (χ1n) is 10.7. The van der Waals surface area contributed by atoms with E-state index in [1.165, 1.54) is 38.3 Å². The quantitative estimate of drug-likeness (QED) is 0.395. The van der Waals surface area contributed by atoms with Gasteiger partial charge < -0.3 is 27.5 Å². The van der Waals surface area contributed by atoms with Gasteiger partial charge >= 0.3 is 0 Å². The third kappa shape index (κ3) is 7.08. The number of benzene rings is 1. The Balaban J connectivity index is 0.000000420. The number of allylic oxidation sites excluding steroid dienone is 1. The number of rotatable bonds is 5. The molecule has 164 valence electrons. The molecule has 1 aromatic carbocycles. The summed E-state index contributed by atoms with van der Waals surface area (Å²) in [5, 5.41) is 14.9. The SMILES string of the molecule is C1CCNC1.CC.N=C/C(=C\N)c1ccc(N)c(NCc2ccc3ncccc3c2)n1. The summed E-state index contributed by atoms with van der Waals surface area (Å²) in [6.45, 7) is 7.08. The Labute approximate surface area is 184 Å². The summed E-state index contributed by atoms with van der Waals surface area (Å²) in [7, 11) is 0. The topological polar surface area (TPSA) is 126 Å². The second kappa shape index (κ2) is 13.0. The fourth-order valence-electron chi connectivity index (χ4n) is 3.03. The van der Waals surface area contributed by atoms with Gasteiger partial charge in [0.15, 0.2) is 0 Å². The van der Waals surface area contributed by atoms with Crippen LogP contribution in [0.25, 0.3) is 16.5 Å². The molecule has 0 bridgehead atoms. The zero-order valence-electron chi connectivity index (χ0n) is 18.4. The van der Waals surface area contributed by atoms with E-state index in [4.69, 9.17) is 16.9 Å². The molecule has 0 radical (unpaired) electrons. The molecule has 3 aromatic rings. The lowest BCUT2D eigenvalue weighted by molar-refractivity contribution is 0.857. The highest BCUT2D eigenvalue weighted by Gasteiger charge is 2.06. The summed E-state index contributed by atoms with van der Waals surface area (Å²) in [5.74, 6) is 0.569. The Morgan fingerprint density at radius 2 is 1.94 bits per heavy atom. The Hall–Kier alpha value is -3.45. The van der Waals surface area contributed by atoms with Crippen LogP contribution >= 0.6 is 0 Å². The molecule has 1 saturated heterocycles. The molecular formula is C24H33N7. The summed E-state index contributed by atoms with van der Waals surface area (Å²) < 4.78 is 0. The van der Waals surface area contributed by atoms with Crippen molar-refractivity contribution < 1.29 is 0 Å². The summed E-state index contributed by atoms with van der Waals surface area (Å²) in [6.07, 6.45) is 7.08. The standard InChI is InChI=1S/C18H18N6.C4H9N.C2H6/c19-9-14(10-20)17-6-4-15(21)18(24-17)23-11-12-3-5-16-13(8-12)2-1-7-22-16;1-2-4-5-3-1;1-2/h1-10,19H,11,20-21H2,(H,23,24);5H,1-4H2;1-2H3/b14-10+,19-9?;;. The van der Waals surface area contributed by atoms with Gasteiger partial charge in [-0.05, 0) is 61.8 Å². The molecule has 1 aliphatic rings. The molecule has 1 fully saturated rings. The van der Waals surface area contributed by atoms with Crippen LogP contribution in [0.4, 0.5) is 11.5 Å². The number of anilines is 2. The van der Waals surface area contributed by atoms with Gasteiger partial charge in [0.2, 0.25) is 0 Å². The van der Waals surface area contributed by atoms with Crippen molar-refractivity contribution in [1.29, 1.82) is 5.41 Å². The highest BCUT2D eigenvalue weighted by atomic mass is 15.0. The van der Waals surface area contributed by atoms with Crippen molar-refractivity contribution in [3.63, 3.8) is 0 Å². The van der Waals surface area contributed by atoms with Crippen LogP contribution in [0.5, 0.6) is 0 Å². The molecule has 7 N–H and O–H groups in total. The maximum absolute atomic E-state index is 7.36. The monoisotopic (exact) mass is 419 g/mol. The molecular weight excluding hydrogens is 386 g/mol. The molecule has 31 heavy (non-hydrogen) atoms. The Bertz CT molecular complexity index is 987. The van der Waals surface area contributed by atoms with Crippen LogP contribution in [0.2, 0.25) is 0 Å². The van der Waals surface area contributed by atoms with E-state index in [0.717, 1.165) is 16.5 Å². The number of aromatic nitrogens is 2. The lowest BCUT2D eigenvalue weighted by Gasteiger charge is -2.11. The third-order valence-electron chi connectivity index (χ3n) is 4.64. The Kier molecular flexibility index (Phi) is 9.97. The highest BCUT2D eigenvalue weighted by molar-refractivity contribution is 6.07. The molecule has 0 saturated carbocycles. The number of nitrogens with one attached hydrogen (secondary N) is 3. The molecule has 3 heterocycles. The van der Waals surface area contributed by atoms with Crippen molar-refractivity contribution in [2.45, 2.75) is 33.2 Å². The van der Waals surface area contributed by atoms with E-state index in [1.54, 1.807) is 18.3 Å². The summed E-state index contributed by atoms with van der Waals surface area (Å²) in [4.78, 5) is 8.76. The molecule has 0 spiro atoms. The van der Waals surface area contributed by atoms with Crippen molar-refractivity contribution in [3.05, 3.63) is 66.1 Å². The summed E-state index contributed by atoms with van der Waals surface area (Å²) >= 11 is 0. The molecule has 0 atom stereocenters. The van der Waals surface area contributed by atoms with E-state index in [9.17, 15) is 0 Å². The molecule has 0 aliphatic carbocycles. The zero-order chi connectivity index (χ0) is 22.5. The Morgan fingerprint density at radius 1 is 1.16 bits per heavy atom. The molecule has 2 aromatic heterocycles. The lowest BCUT2D eigenvalue weighted by Crippen LogP contribution is -2.06. The number of hydrogen-bond donors (Lipinski definition) is 5. The average Bonchev–Trinajstić information content (AvgIpc) is 3.41. The molecule has 1 aliphatic heterocycles.